The topological polar surface area (TPSA) is 43.9 Å². The van der Waals surface area contributed by atoms with E-state index >= 15 is 0 Å². The van der Waals surface area contributed by atoms with Gasteiger partial charge in [0.25, 0.3) is 5.91 Å². The number of carbonyl (C=O) groups is 2. The number of rotatable bonds is 4. The van der Waals surface area contributed by atoms with Gasteiger partial charge in [0.15, 0.2) is 0 Å². The van der Waals surface area contributed by atoms with Crippen molar-refractivity contribution in [2.75, 3.05) is 39.3 Å². The van der Waals surface area contributed by atoms with Gasteiger partial charge >= 0.3 is 0 Å². The first-order chi connectivity index (χ1) is 13.8. The van der Waals surface area contributed by atoms with E-state index in [0.717, 1.165) is 64.1 Å². The Morgan fingerprint density at radius 2 is 1.48 bits per heavy atom. The van der Waals surface area contributed by atoms with E-state index in [9.17, 15) is 9.59 Å². The average Bonchev–Trinajstić information content (AvgIpc) is 2.73. The second kappa shape index (κ2) is 9.29. The third-order valence-corrected chi connectivity index (χ3v) is 6.40. The number of likely N-dealkylation sites (tertiary alicyclic amines) is 1. The van der Waals surface area contributed by atoms with E-state index in [1.165, 1.54) is 5.56 Å². The van der Waals surface area contributed by atoms with Crippen molar-refractivity contribution in [3.05, 3.63) is 35.4 Å². The minimum atomic E-state index is 0.102. The van der Waals surface area contributed by atoms with E-state index < -0.39 is 0 Å². The average molecular weight is 400 g/mol. The molecule has 2 aliphatic heterocycles. The van der Waals surface area contributed by atoms with E-state index in [0.29, 0.717) is 18.4 Å². The van der Waals surface area contributed by atoms with Crippen molar-refractivity contribution in [1.82, 2.24) is 14.7 Å². The van der Waals surface area contributed by atoms with Crippen LogP contribution in [0.15, 0.2) is 24.3 Å². The SMILES string of the molecule is CCCC(=O)N1CCN(C2CCN(C(=O)c3ccc(C(C)(C)C)cc3)CC2)CC1. The molecule has 0 atom stereocenters. The van der Waals surface area contributed by atoms with Crippen LogP contribution in [0.5, 0.6) is 0 Å². The van der Waals surface area contributed by atoms with Crippen molar-refractivity contribution >= 4 is 11.8 Å². The fraction of sp³-hybridized carbons (Fsp3) is 0.667. The first-order valence-corrected chi connectivity index (χ1v) is 11.2. The number of amides is 2. The summed E-state index contributed by atoms with van der Waals surface area (Å²) in [6, 6.07) is 8.65. The van der Waals surface area contributed by atoms with E-state index in [1.54, 1.807) is 0 Å². The Morgan fingerprint density at radius 1 is 0.897 bits per heavy atom. The smallest absolute Gasteiger partial charge is 0.253 e. The molecule has 0 unspecified atom stereocenters. The van der Waals surface area contributed by atoms with Crippen LogP contribution in [0.3, 0.4) is 0 Å². The monoisotopic (exact) mass is 399 g/mol. The van der Waals surface area contributed by atoms with Gasteiger partial charge in [0.05, 0.1) is 0 Å². The Balaban J connectivity index is 1.48. The second-order valence-corrected chi connectivity index (χ2v) is 9.52. The van der Waals surface area contributed by atoms with Crippen LogP contribution in [0, 0.1) is 0 Å². The van der Waals surface area contributed by atoms with E-state index in [4.69, 9.17) is 0 Å². The summed E-state index contributed by atoms with van der Waals surface area (Å²) >= 11 is 0. The van der Waals surface area contributed by atoms with Crippen LogP contribution in [-0.4, -0.2) is 71.8 Å². The first-order valence-electron chi connectivity index (χ1n) is 11.2. The quantitative estimate of drug-likeness (QED) is 0.778. The summed E-state index contributed by atoms with van der Waals surface area (Å²) < 4.78 is 0. The molecule has 2 amide bonds. The van der Waals surface area contributed by atoms with Crippen LogP contribution in [-0.2, 0) is 10.2 Å². The lowest BCUT2D eigenvalue weighted by molar-refractivity contribution is -0.133. The molecule has 5 nitrogen and oxygen atoms in total. The molecular weight excluding hydrogens is 362 g/mol. The third kappa shape index (κ3) is 5.39. The number of hydrogen-bond acceptors (Lipinski definition) is 3. The van der Waals surface area contributed by atoms with E-state index in [2.05, 4.69) is 44.7 Å². The van der Waals surface area contributed by atoms with Gasteiger partial charge in [-0.25, -0.2) is 0 Å². The first kappa shape index (κ1) is 21.8. The number of piperidine rings is 1. The highest BCUT2D eigenvalue weighted by molar-refractivity contribution is 5.94. The summed E-state index contributed by atoms with van der Waals surface area (Å²) in [6.45, 7) is 13.9. The van der Waals surface area contributed by atoms with Gasteiger partial charge in [-0.3, -0.25) is 14.5 Å². The summed E-state index contributed by atoms with van der Waals surface area (Å²) in [7, 11) is 0. The van der Waals surface area contributed by atoms with Crippen molar-refractivity contribution in [1.29, 1.82) is 0 Å². The maximum absolute atomic E-state index is 12.9. The summed E-state index contributed by atoms with van der Waals surface area (Å²) in [5.41, 5.74) is 2.15. The van der Waals surface area contributed by atoms with Crippen LogP contribution in [0.25, 0.3) is 0 Å². The van der Waals surface area contributed by atoms with E-state index in [1.807, 2.05) is 21.9 Å². The summed E-state index contributed by atoms with van der Waals surface area (Å²) in [5, 5.41) is 0. The van der Waals surface area contributed by atoms with Gasteiger partial charge in [-0.05, 0) is 42.4 Å². The largest absolute Gasteiger partial charge is 0.340 e. The van der Waals surface area contributed by atoms with Gasteiger partial charge in [0.1, 0.15) is 0 Å². The minimum Gasteiger partial charge on any atom is -0.340 e. The molecule has 1 aromatic rings. The zero-order valence-corrected chi connectivity index (χ0v) is 18.6. The lowest BCUT2D eigenvalue weighted by Crippen LogP contribution is -2.54. The predicted molar refractivity (Wildman–Crippen MR) is 117 cm³/mol. The van der Waals surface area contributed by atoms with Gasteiger partial charge < -0.3 is 9.80 Å². The highest BCUT2D eigenvalue weighted by atomic mass is 16.2. The van der Waals surface area contributed by atoms with Crippen LogP contribution >= 0.6 is 0 Å². The Hall–Kier alpha value is -1.88. The Labute approximate surface area is 176 Å². The van der Waals surface area contributed by atoms with Crippen LogP contribution in [0.1, 0.15) is 69.3 Å². The van der Waals surface area contributed by atoms with E-state index in [-0.39, 0.29) is 11.3 Å². The van der Waals surface area contributed by atoms with Crippen molar-refractivity contribution in [2.45, 2.75) is 64.8 Å². The number of benzene rings is 1. The number of nitrogens with zero attached hydrogens (tertiary/aromatic N) is 3. The van der Waals surface area contributed by atoms with Crippen molar-refractivity contribution in [2.24, 2.45) is 0 Å². The van der Waals surface area contributed by atoms with Crippen molar-refractivity contribution in [3.63, 3.8) is 0 Å². The molecule has 5 heteroatoms. The molecular formula is C24H37N3O2. The maximum atomic E-state index is 12.9. The van der Waals surface area contributed by atoms with Gasteiger partial charge in [0, 0.05) is 57.3 Å². The minimum absolute atomic E-state index is 0.102. The Morgan fingerprint density at radius 3 is 2.00 bits per heavy atom. The Kier molecular flexibility index (Phi) is 6.99. The highest BCUT2D eigenvalue weighted by Gasteiger charge is 2.30. The summed E-state index contributed by atoms with van der Waals surface area (Å²) in [4.78, 5) is 31.5. The van der Waals surface area contributed by atoms with Gasteiger partial charge in [-0.2, -0.15) is 0 Å². The normalized spacial score (nSPS) is 19.4. The third-order valence-electron chi connectivity index (χ3n) is 6.40. The molecule has 0 spiro atoms. The van der Waals surface area contributed by atoms with Crippen molar-refractivity contribution < 1.29 is 9.59 Å². The zero-order chi connectivity index (χ0) is 21.0. The maximum Gasteiger partial charge on any atom is 0.253 e. The van der Waals surface area contributed by atoms with Gasteiger partial charge in [-0.1, -0.05) is 39.8 Å². The Bertz CT molecular complexity index is 692. The molecule has 3 rings (SSSR count). The molecule has 0 aliphatic carbocycles. The lowest BCUT2D eigenvalue weighted by atomic mass is 9.86. The standard InChI is InChI=1S/C24H37N3O2/c1-5-6-22(28)26-17-15-25(16-18-26)21-11-13-27(14-12-21)23(29)19-7-9-20(10-8-19)24(2,3)4/h7-10,21H,5-6,11-18H2,1-4H3. The summed E-state index contributed by atoms with van der Waals surface area (Å²) in [5.74, 6) is 0.448. The summed E-state index contributed by atoms with van der Waals surface area (Å²) in [6.07, 6.45) is 3.63. The molecule has 2 aliphatic rings. The molecule has 29 heavy (non-hydrogen) atoms. The fourth-order valence-electron chi connectivity index (χ4n) is 4.44. The zero-order valence-electron chi connectivity index (χ0n) is 18.6. The van der Waals surface area contributed by atoms with Crippen LogP contribution in [0.4, 0.5) is 0 Å². The highest BCUT2D eigenvalue weighted by Crippen LogP contribution is 2.24. The molecule has 0 bridgehead atoms. The van der Waals surface area contributed by atoms with Crippen LogP contribution < -0.4 is 0 Å². The molecule has 2 fully saturated rings. The molecule has 2 saturated heterocycles. The predicted octanol–water partition coefficient (Wildman–Crippen LogP) is 3.53. The fourth-order valence-corrected chi connectivity index (χ4v) is 4.44. The molecule has 0 aromatic heterocycles. The van der Waals surface area contributed by atoms with Gasteiger partial charge in [-0.15, -0.1) is 0 Å². The molecule has 2 heterocycles. The number of carbonyl (C=O) groups excluding carboxylic acids is 2. The number of piperazine rings is 1. The molecule has 160 valence electrons. The number of hydrogen-bond donors (Lipinski definition) is 0. The molecule has 0 saturated carbocycles. The second-order valence-electron chi connectivity index (χ2n) is 9.52. The van der Waals surface area contributed by atoms with Gasteiger partial charge in [0.2, 0.25) is 5.91 Å². The lowest BCUT2D eigenvalue weighted by Gasteiger charge is -2.42. The molecule has 0 N–H and O–H groups in total. The molecule has 0 radical (unpaired) electrons. The molecule has 1 aromatic carbocycles. The van der Waals surface area contributed by atoms with Crippen LogP contribution in [0.2, 0.25) is 0 Å². The van der Waals surface area contributed by atoms with Crippen molar-refractivity contribution in [3.8, 4) is 0 Å².